The highest BCUT2D eigenvalue weighted by molar-refractivity contribution is 9.10. The number of carbonyl (C=O) groups is 1. The van der Waals surface area contributed by atoms with Gasteiger partial charge in [0.1, 0.15) is 5.60 Å². The molecule has 0 fully saturated rings. The summed E-state index contributed by atoms with van der Waals surface area (Å²) in [6.07, 6.45) is 0. The summed E-state index contributed by atoms with van der Waals surface area (Å²) in [5, 5.41) is 2.05. The van der Waals surface area contributed by atoms with E-state index in [4.69, 9.17) is 4.74 Å². The molecule has 0 spiro atoms. The summed E-state index contributed by atoms with van der Waals surface area (Å²) in [6.45, 7) is 5.64. The van der Waals surface area contributed by atoms with Gasteiger partial charge in [-0.1, -0.05) is 0 Å². The first-order valence-corrected chi connectivity index (χ1v) is 7.72. The number of carbonyl (C=O) groups excluding carboxylic acids is 1. The van der Waals surface area contributed by atoms with E-state index in [1.54, 1.807) is 23.1 Å². The van der Waals surface area contributed by atoms with Crippen molar-refractivity contribution in [2.75, 3.05) is 5.75 Å². The molecule has 0 aromatic carbocycles. The molecule has 0 N–H and O–H groups in total. The monoisotopic (exact) mass is 322 g/mol. The summed E-state index contributed by atoms with van der Waals surface area (Å²) in [6, 6.07) is 2.08. The Morgan fingerprint density at radius 2 is 2.25 bits per heavy atom. The maximum Gasteiger partial charge on any atom is 0.316 e. The molecule has 0 amide bonds. The van der Waals surface area contributed by atoms with E-state index in [2.05, 4.69) is 22.0 Å². The second kappa shape index (κ2) is 6.07. The van der Waals surface area contributed by atoms with Gasteiger partial charge in [0.25, 0.3) is 0 Å². The van der Waals surface area contributed by atoms with Gasteiger partial charge in [0, 0.05) is 20.5 Å². The van der Waals surface area contributed by atoms with Crippen molar-refractivity contribution in [3.05, 3.63) is 20.8 Å². The quantitative estimate of drug-likeness (QED) is 0.781. The predicted molar refractivity (Wildman–Crippen MR) is 74.0 cm³/mol. The smallest absolute Gasteiger partial charge is 0.316 e. The Morgan fingerprint density at radius 3 is 2.75 bits per heavy atom. The summed E-state index contributed by atoms with van der Waals surface area (Å²) in [4.78, 5) is 12.7. The van der Waals surface area contributed by atoms with E-state index in [1.165, 1.54) is 4.88 Å². The van der Waals surface area contributed by atoms with Crippen LogP contribution in [0.3, 0.4) is 0 Å². The summed E-state index contributed by atoms with van der Waals surface area (Å²) in [5.74, 6) is 1.12. The Kier molecular flexibility index (Phi) is 5.34. The number of ether oxygens (including phenoxy) is 1. The van der Waals surface area contributed by atoms with Gasteiger partial charge in [0.2, 0.25) is 0 Å². The molecule has 90 valence electrons. The van der Waals surface area contributed by atoms with E-state index in [-0.39, 0.29) is 11.6 Å². The number of esters is 1. The van der Waals surface area contributed by atoms with Crippen molar-refractivity contribution in [3.8, 4) is 0 Å². The molecule has 16 heavy (non-hydrogen) atoms. The maximum absolute atomic E-state index is 11.4. The van der Waals surface area contributed by atoms with Gasteiger partial charge >= 0.3 is 5.97 Å². The van der Waals surface area contributed by atoms with Crippen LogP contribution in [0.1, 0.15) is 25.6 Å². The zero-order chi connectivity index (χ0) is 12.2. The third-order valence-corrected chi connectivity index (χ3v) is 4.34. The van der Waals surface area contributed by atoms with Gasteiger partial charge in [-0.3, -0.25) is 4.79 Å². The zero-order valence-corrected chi connectivity index (χ0v) is 12.8. The van der Waals surface area contributed by atoms with Crippen molar-refractivity contribution in [2.45, 2.75) is 32.1 Å². The van der Waals surface area contributed by atoms with E-state index < -0.39 is 0 Å². The lowest BCUT2D eigenvalue weighted by Crippen LogP contribution is -2.24. The molecule has 0 bridgehead atoms. The molecule has 5 heteroatoms. The van der Waals surface area contributed by atoms with Crippen molar-refractivity contribution in [1.29, 1.82) is 0 Å². The van der Waals surface area contributed by atoms with Crippen LogP contribution in [0.25, 0.3) is 0 Å². The summed E-state index contributed by atoms with van der Waals surface area (Å²) in [5.41, 5.74) is -0.385. The average Bonchev–Trinajstić information content (AvgIpc) is 2.48. The van der Waals surface area contributed by atoms with Crippen LogP contribution in [0.2, 0.25) is 0 Å². The standard InChI is InChI=1S/C11H15BrO2S2/c1-11(2,3)14-10(13)7-15-6-9-4-8(12)5-16-9/h4-5H,6-7H2,1-3H3. The molecule has 0 aliphatic heterocycles. The molecule has 0 aliphatic rings. The fraction of sp³-hybridized carbons (Fsp3) is 0.545. The number of hydrogen-bond acceptors (Lipinski definition) is 4. The highest BCUT2D eigenvalue weighted by Gasteiger charge is 2.15. The van der Waals surface area contributed by atoms with Gasteiger partial charge in [0.15, 0.2) is 0 Å². The minimum atomic E-state index is -0.385. The maximum atomic E-state index is 11.4. The molecule has 0 unspecified atom stereocenters. The Balaban J connectivity index is 2.23. The lowest BCUT2D eigenvalue weighted by molar-refractivity contribution is -0.151. The number of thioether (sulfide) groups is 1. The zero-order valence-electron chi connectivity index (χ0n) is 9.58. The highest BCUT2D eigenvalue weighted by Crippen LogP contribution is 2.24. The molecule has 2 nitrogen and oxygen atoms in total. The van der Waals surface area contributed by atoms with Crippen molar-refractivity contribution in [3.63, 3.8) is 0 Å². The van der Waals surface area contributed by atoms with Gasteiger partial charge in [-0.25, -0.2) is 0 Å². The van der Waals surface area contributed by atoms with Crippen LogP contribution in [-0.4, -0.2) is 17.3 Å². The van der Waals surface area contributed by atoms with Gasteiger partial charge in [-0.15, -0.1) is 23.1 Å². The molecular formula is C11H15BrO2S2. The first-order chi connectivity index (χ1) is 7.37. The van der Waals surface area contributed by atoms with Crippen LogP contribution in [0.4, 0.5) is 0 Å². The Hall–Kier alpha value is -0.0000000000000000833. The van der Waals surface area contributed by atoms with E-state index in [1.807, 2.05) is 26.2 Å². The molecule has 0 atom stereocenters. The minimum absolute atomic E-state index is 0.145. The first kappa shape index (κ1) is 14.1. The number of rotatable bonds is 4. The predicted octanol–water partition coefficient (Wildman–Crippen LogP) is 4.09. The third kappa shape index (κ3) is 5.92. The fourth-order valence-electron chi connectivity index (χ4n) is 1.04. The molecule has 1 aromatic rings. The molecule has 1 aromatic heterocycles. The number of thiophene rings is 1. The summed E-state index contributed by atoms with van der Waals surface area (Å²) in [7, 11) is 0. The second-order valence-electron chi connectivity index (χ2n) is 4.31. The van der Waals surface area contributed by atoms with Gasteiger partial charge in [-0.05, 0) is 42.8 Å². The van der Waals surface area contributed by atoms with E-state index in [0.717, 1.165) is 10.2 Å². The van der Waals surface area contributed by atoms with Gasteiger partial charge in [-0.2, -0.15) is 0 Å². The van der Waals surface area contributed by atoms with Crippen molar-refractivity contribution < 1.29 is 9.53 Å². The van der Waals surface area contributed by atoms with Crippen molar-refractivity contribution in [1.82, 2.24) is 0 Å². The van der Waals surface area contributed by atoms with Crippen molar-refractivity contribution in [2.24, 2.45) is 0 Å². The van der Waals surface area contributed by atoms with E-state index in [9.17, 15) is 4.79 Å². The Labute approximate surface area is 113 Å². The average molecular weight is 323 g/mol. The summed E-state index contributed by atoms with van der Waals surface area (Å²) >= 11 is 6.68. The molecule has 0 saturated carbocycles. The second-order valence-corrected chi connectivity index (χ2v) is 7.21. The molecule has 1 rings (SSSR count). The Bertz CT molecular complexity index is 355. The number of halogens is 1. The van der Waals surface area contributed by atoms with Crippen LogP contribution in [0, 0.1) is 0 Å². The number of hydrogen-bond donors (Lipinski definition) is 0. The van der Waals surface area contributed by atoms with Crippen molar-refractivity contribution >= 4 is 45.0 Å². The minimum Gasteiger partial charge on any atom is -0.459 e. The molecular weight excluding hydrogens is 308 g/mol. The largest absolute Gasteiger partial charge is 0.459 e. The molecule has 0 aliphatic carbocycles. The van der Waals surface area contributed by atoms with Crippen LogP contribution >= 0.6 is 39.0 Å². The fourth-order valence-corrected chi connectivity index (χ4v) is 3.40. The summed E-state index contributed by atoms with van der Waals surface area (Å²) < 4.78 is 6.32. The first-order valence-electron chi connectivity index (χ1n) is 4.89. The van der Waals surface area contributed by atoms with E-state index in [0.29, 0.717) is 5.75 Å². The van der Waals surface area contributed by atoms with Crippen LogP contribution < -0.4 is 0 Å². The van der Waals surface area contributed by atoms with E-state index >= 15 is 0 Å². The molecule has 0 saturated heterocycles. The highest BCUT2D eigenvalue weighted by atomic mass is 79.9. The Morgan fingerprint density at radius 1 is 1.56 bits per heavy atom. The van der Waals surface area contributed by atoms with Gasteiger partial charge in [0.05, 0.1) is 5.75 Å². The van der Waals surface area contributed by atoms with Crippen LogP contribution in [0.5, 0.6) is 0 Å². The third-order valence-electron chi connectivity index (χ3n) is 1.51. The lowest BCUT2D eigenvalue weighted by Gasteiger charge is -2.19. The SMILES string of the molecule is CC(C)(C)OC(=O)CSCc1cc(Br)cs1. The molecule has 0 radical (unpaired) electrons. The lowest BCUT2D eigenvalue weighted by atomic mass is 10.2. The van der Waals surface area contributed by atoms with Gasteiger partial charge < -0.3 is 4.74 Å². The topological polar surface area (TPSA) is 26.3 Å². The van der Waals surface area contributed by atoms with Crippen LogP contribution in [-0.2, 0) is 15.3 Å². The molecule has 1 heterocycles. The normalized spacial score (nSPS) is 11.5. The van der Waals surface area contributed by atoms with Crippen LogP contribution in [0.15, 0.2) is 15.9 Å².